The van der Waals surface area contributed by atoms with E-state index in [9.17, 15) is 4.79 Å². The van der Waals surface area contributed by atoms with E-state index in [4.69, 9.17) is 11.6 Å². The molecule has 3 rings (SSSR count). The summed E-state index contributed by atoms with van der Waals surface area (Å²) in [6.07, 6.45) is 2.97. The fraction of sp³-hybridized carbons (Fsp3) is 0.615. The Labute approximate surface area is 122 Å². The number of aromatic nitrogens is 4. The first kappa shape index (κ1) is 13.4. The number of carbonyl (C=O) groups excluding carboxylic acids is 1. The molecule has 1 saturated carbocycles. The second-order valence-electron chi connectivity index (χ2n) is 5.19. The van der Waals surface area contributed by atoms with Crippen molar-refractivity contribution in [1.82, 2.24) is 24.6 Å². The smallest absolute Gasteiger partial charge is 0.240 e. The predicted molar refractivity (Wildman–Crippen MR) is 76.6 cm³/mol. The second-order valence-corrected chi connectivity index (χ2v) is 5.45. The number of fused-ring (bicyclic) bond motifs is 1. The van der Waals surface area contributed by atoms with E-state index in [1.54, 1.807) is 4.68 Å². The number of alkyl halides is 1. The van der Waals surface area contributed by atoms with E-state index < -0.39 is 0 Å². The van der Waals surface area contributed by atoms with Crippen molar-refractivity contribution in [3.63, 3.8) is 0 Å². The normalized spacial score (nSPS) is 14.9. The van der Waals surface area contributed by atoms with Gasteiger partial charge in [-0.1, -0.05) is 6.92 Å². The van der Waals surface area contributed by atoms with Crippen LogP contribution in [0.25, 0.3) is 11.2 Å². The van der Waals surface area contributed by atoms with Crippen LogP contribution in [0.4, 0.5) is 0 Å². The number of nitrogens with one attached hydrogen (secondary N) is 1. The molecule has 20 heavy (non-hydrogen) atoms. The third-order valence-electron chi connectivity index (χ3n) is 3.57. The number of aryl methyl sites for hydroxylation is 2. The van der Waals surface area contributed by atoms with Crippen molar-refractivity contribution in [2.24, 2.45) is 7.05 Å². The number of hydrogen-bond acceptors (Lipinski definition) is 3. The molecule has 7 heteroatoms. The average molecular weight is 296 g/mol. The molecule has 1 aliphatic carbocycles. The van der Waals surface area contributed by atoms with E-state index in [-0.39, 0.29) is 18.3 Å². The minimum absolute atomic E-state index is 0.0115. The monoisotopic (exact) mass is 295 g/mol. The predicted octanol–water partition coefficient (Wildman–Crippen LogP) is 1.35. The largest absolute Gasteiger partial charge is 0.352 e. The van der Waals surface area contributed by atoms with Gasteiger partial charge in [-0.25, -0.2) is 4.98 Å². The molecular formula is C13H18ClN5O. The van der Waals surface area contributed by atoms with E-state index in [0.29, 0.717) is 6.04 Å². The molecule has 1 aliphatic rings. The van der Waals surface area contributed by atoms with Gasteiger partial charge >= 0.3 is 0 Å². The van der Waals surface area contributed by atoms with Crippen molar-refractivity contribution in [2.45, 2.75) is 44.7 Å². The first-order valence-corrected chi connectivity index (χ1v) is 7.43. The molecule has 6 nitrogen and oxygen atoms in total. The molecule has 1 N–H and O–H groups in total. The van der Waals surface area contributed by atoms with E-state index >= 15 is 0 Å². The zero-order valence-electron chi connectivity index (χ0n) is 11.7. The molecular weight excluding hydrogens is 278 g/mol. The summed E-state index contributed by atoms with van der Waals surface area (Å²) in [5.41, 5.74) is 2.66. The van der Waals surface area contributed by atoms with Crippen LogP contribution in [-0.2, 0) is 30.7 Å². The Morgan fingerprint density at radius 1 is 1.50 bits per heavy atom. The fourth-order valence-corrected chi connectivity index (χ4v) is 2.64. The summed E-state index contributed by atoms with van der Waals surface area (Å²) >= 11 is 5.97. The number of hydrogen-bond donors (Lipinski definition) is 1. The van der Waals surface area contributed by atoms with Gasteiger partial charge in [0.05, 0.1) is 11.6 Å². The summed E-state index contributed by atoms with van der Waals surface area (Å²) in [6.45, 7) is 2.29. The van der Waals surface area contributed by atoms with Crippen LogP contribution < -0.4 is 5.32 Å². The number of nitrogens with zero attached hydrogens (tertiary/aromatic N) is 4. The van der Waals surface area contributed by atoms with Crippen LogP contribution in [0.2, 0.25) is 0 Å². The first-order valence-electron chi connectivity index (χ1n) is 6.90. The summed E-state index contributed by atoms with van der Waals surface area (Å²) in [6, 6.07) is 0.360. The standard InChI is InChI=1S/C13H18ClN5O/c1-3-9-12-13(18(2)17-9)19(10(6-14)16-12)7-11(20)15-8-4-5-8/h8H,3-7H2,1-2H3,(H,15,20). The lowest BCUT2D eigenvalue weighted by Crippen LogP contribution is -2.30. The van der Waals surface area contributed by atoms with Gasteiger partial charge in [0, 0.05) is 13.1 Å². The second kappa shape index (κ2) is 5.09. The Morgan fingerprint density at radius 2 is 2.25 bits per heavy atom. The zero-order chi connectivity index (χ0) is 14.3. The van der Waals surface area contributed by atoms with E-state index in [2.05, 4.69) is 15.4 Å². The van der Waals surface area contributed by atoms with Crippen molar-refractivity contribution < 1.29 is 4.79 Å². The summed E-state index contributed by atoms with van der Waals surface area (Å²) < 4.78 is 3.65. The minimum atomic E-state index is 0.0115. The van der Waals surface area contributed by atoms with Crippen LogP contribution in [0.15, 0.2) is 0 Å². The van der Waals surface area contributed by atoms with Crippen LogP contribution in [-0.4, -0.2) is 31.3 Å². The Hall–Kier alpha value is -1.56. The van der Waals surface area contributed by atoms with Crippen molar-refractivity contribution >= 4 is 28.7 Å². The highest BCUT2D eigenvalue weighted by molar-refractivity contribution is 6.16. The summed E-state index contributed by atoms with van der Waals surface area (Å²) in [4.78, 5) is 16.6. The number of imidazole rings is 1. The summed E-state index contributed by atoms with van der Waals surface area (Å²) in [5, 5.41) is 7.43. The van der Waals surface area contributed by atoms with Gasteiger partial charge in [-0.15, -0.1) is 11.6 Å². The molecule has 0 spiro atoms. The molecule has 0 unspecified atom stereocenters. The lowest BCUT2D eigenvalue weighted by atomic mass is 10.3. The Balaban J connectivity index is 1.98. The topological polar surface area (TPSA) is 64.7 Å². The molecule has 1 fully saturated rings. The molecule has 2 aromatic rings. The van der Waals surface area contributed by atoms with Crippen molar-refractivity contribution in [3.8, 4) is 0 Å². The van der Waals surface area contributed by atoms with Gasteiger partial charge in [0.2, 0.25) is 5.91 Å². The van der Waals surface area contributed by atoms with Gasteiger partial charge in [-0.3, -0.25) is 9.48 Å². The van der Waals surface area contributed by atoms with Crippen molar-refractivity contribution in [1.29, 1.82) is 0 Å². The van der Waals surface area contributed by atoms with Crippen LogP contribution >= 0.6 is 11.6 Å². The lowest BCUT2D eigenvalue weighted by molar-refractivity contribution is -0.121. The van der Waals surface area contributed by atoms with Gasteiger partial charge in [0.25, 0.3) is 0 Å². The third-order valence-corrected chi connectivity index (χ3v) is 3.81. The fourth-order valence-electron chi connectivity index (χ4n) is 2.44. The lowest BCUT2D eigenvalue weighted by Gasteiger charge is -2.08. The van der Waals surface area contributed by atoms with Gasteiger partial charge < -0.3 is 9.88 Å². The van der Waals surface area contributed by atoms with Gasteiger partial charge in [-0.2, -0.15) is 5.10 Å². The van der Waals surface area contributed by atoms with E-state index in [0.717, 1.165) is 41.9 Å². The van der Waals surface area contributed by atoms with Crippen LogP contribution in [0, 0.1) is 0 Å². The number of rotatable bonds is 5. The van der Waals surface area contributed by atoms with Crippen molar-refractivity contribution in [2.75, 3.05) is 0 Å². The molecule has 2 heterocycles. The summed E-state index contributed by atoms with van der Waals surface area (Å²) in [7, 11) is 1.87. The minimum Gasteiger partial charge on any atom is -0.352 e. The van der Waals surface area contributed by atoms with Crippen LogP contribution in [0.1, 0.15) is 31.3 Å². The maximum atomic E-state index is 12.0. The highest BCUT2D eigenvalue weighted by Crippen LogP contribution is 2.22. The molecule has 0 bridgehead atoms. The maximum Gasteiger partial charge on any atom is 0.240 e. The SMILES string of the molecule is CCc1nn(C)c2c1nc(CCl)n2CC(=O)NC1CC1. The first-order chi connectivity index (χ1) is 9.63. The molecule has 0 atom stereocenters. The van der Waals surface area contributed by atoms with Gasteiger partial charge in [-0.05, 0) is 19.3 Å². The molecule has 1 amide bonds. The average Bonchev–Trinajstić information content (AvgIpc) is 3.07. The molecule has 0 radical (unpaired) electrons. The molecule has 2 aromatic heterocycles. The number of halogens is 1. The highest BCUT2D eigenvalue weighted by Gasteiger charge is 2.25. The maximum absolute atomic E-state index is 12.0. The Morgan fingerprint density at radius 3 is 2.85 bits per heavy atom. The third kappa shape index (κ3) is 2.28. The molecule has 0 aliphatic heterocycles. The highest BCUT2D eigenvalue weighted by atomic mass is 35.5. The Bertz CT molecular complexity index is 655. The summed E-state index contributed by atoms with van der Waals surface area (Å²) in [5.74, 6) is 1.02. The molecule has 108 valence electrons. The Kier molecular flexibility index (Phi) is 3.41. The van der Waals surface area contributed by atoms with Crippen LogP contribution in [0.5, 0.6) is 0 Å². The van der Waals surface area contributed by atoms with Gasteiger partial charge in [0.1, 0.15) is 17.9 Å². The van der Waals surface area contributed by atoms with Crippen molar-refractivity contribution in [3.05, 3.63) is 11.5 Å². The molecule has 0 saturated heterocycles. The van der Waals surface area contributed by atoms with E-state index in [1.165, 1.54) is 0 Å². The zero-order valence-corrected chi connectivity index (χ0v) is 12.4. The van der Waals surface area contributed by atoms with Gasteiger partial charge in [0.15, 0.2) is 5.65 Å². The number of amides is 1. The van der Waals surface area contributed by atoms with Crippen LogP contribution in [0.3, 0.4) is 0 Å². The van der Waals surface area contributed by atoms with E-state index in [1.807, 2.05) is 18.5 Å². The molecule has 0 aromatic carbocycles. The number of carbonyl (C=O) groups is 1. The quantitative estimate of drug-likeness (QED) is 0.847.